The van der Waals surface area contributed by atoms with E-state index in [-0.39, 0.29) is 104 Å². The number of nitrogens with zero attached hydrogens (tertiary/aromatic N) is 5. The molecule has 0 fully saturated rings. The Bertz CT molecular complexity index is 2830. The highest BCUT2D eigenvalue weighted by Gasteiger charge is 2.30. The first kappa shape index (κ1) is 58.8. The standard InChI is InChI=1S/C55H69FN12O10/c1-5-21-66(22-6-2)53(75)36-25-35-27-41(56)40(29-44(35)63-45(57)28-36)50(72)62-39-26-37-31-67(24-19-42(37)60-30-39)55(77)78-32-34-13-15-38(16-14-34)61-51(73)43(11-10-20-59-54(58)76)64-52(74)49(33(3)4)65-46(69)12-8-7-9-23-68-47(70)17-18-48(68)71/h13-18,25-27,29-30,33,43,49H,5-12,19-24,28,31-32H2,1-4H3,(H2,57,63)(H,61,73)(H,62,72)(H,64,74)(H,65,69)(H3,58,59,76)/t43-,49?/m0/s1. The molecule has 2 aromatic carbocycles. The third-order valence-corrected chi connectivity index (χ3v) is 13.1. The van der Waals surface area contributed by atoms with Gasteiger partial charge in [0, 0.05) is 86.7 Å². The lowest BCUT2D eigenvalue weighted by atomic mass is 10.0. The summed E-state index contributed by atoms with van der Waals surface area (Å²) < 4.78 is 21.3. The zero-order chi connectivity index (χ0) is 56.5. The summed E-state index contributed by atoms with van der Waals surface area (Å²) in [4.78, 5) is 129. The van der Waals surface area contributed by atoms with Crippen LogP contribution in [0.5, 0.6) is 0 Å². The van der Waals surface area contributed by atoms with Gasteiger partial charge < -0.3 is 52.6 Å². The molecule has 78 heavy (non-hydrogen) atoms. The number of aliphatic imine (C=N–C) groups is 1. The van der Waals surface area contributed by atoms with Crippen LogP contribution in [0.1, 0.15) is 118 Å². The molecule has 0 saturated heterocycles. The molecule has 3 aliphatic rings. The number of amidine groups is 1. The van der Waals surface area contributed by atoms with Gasteiger partial charge >= 0.3 is 12.1 Å². The summed E-state index contributed by atoms with van der Waals surface area (Å²) in [6.07, 6.45) is 8.91. The van der Waals surface area contributed by atoms with Crippen molar-refractivity contribution < 1.29 is 52.3 Å². The molecule has 3 aliphatic heterocycles. The van der Waals surface area contributed by atoms with E-state index in [1.165, 1.54) is 29.3 Å². The number of hydrogen-bond acceptors (Lipinski definition) is 13. The third kappa shape index (κ3) is 16.5. The molecule has 2 atom stereocenters. The van der Waals surface area contributed by atoms with Gasteiger partial charge in [-0.25, -0.2) is 19.0 Å². The summed E-state index contributed by atoms with van der Waals surface area (Å²) in [5.41, 5.74) is 14.7. The maximum absolute atomic E-state index is 15.6. The first-order valence-corrected chi connectivity index (χ1v) is 26.3. The van der Waals surface area contributed by atoms with Crippen molar-refractivity contribution >= 4 is 82.4 Å². The molecule has 0 bridgehead atoms. The molecule has 1 aromatic heterocycles. The molecular weight excluding hydrogens is 1010 g/mol. The number of unbranched alkanes of at least 4 members (excludes halogenated alkanes) is 2. The van der Waals surface area contributed by atoms with Crippen molar-refractivity contribution in [3.8, 4) is 0 Å². The Hall–Kier alpha value is -8.50. The second kappa shape index (κ2) is 28.0. The van der Waals surface area contributed by atoms with E-state index in [1.54, 1.807) is 55.2 Å². The van der Waals surface area contributed by atoms with Gasteiger partial charge in [0.15, 0.2) is 0 Å². The number of imide groups is 1. The maximum Gasteiger partial charge on any atom is 0.410 e. The minimum absolute atomic E-state index is 0.0712. The van der Waals surface area contributed by atoms with Crippen molar-refractivity contribution in [3.05, 3.63) is 100 Å². The number of pyridine rings is 1. The Kier molecular flexibility index (Phi) is 21.1. The Labute approximate surface area is 452 Å². The number of nitrogens with two attached hydrogens (primary N) is 2. The van der Waals surface area contributed by atoms with Crippen molar-refractivity contribution in [1.82, 2.24) is 35.6 Å². The van der Waals surface area contributed by atoms with Gasteiger partial charge in [0.2, 0.25) is 23.6 Å². The van der Waals surface area contributed by atoms with Gasteiger partial charge in [-0.2, -0.15) is 0 Å². The molecule has 0 aliphatic carbocycles. The van der Waals surface area contributed by atoms with Crippen LogP contribution in [0.4, 0.5) is 31.0 Å². The number of ether oxygens (including phenoxy) is 1. The SMILES string of the molecule is CCCN(CCC)C(=O)C1=Cc2cc(F)c(C(=O)Nc3cnc4c(c3)CN(C(=O)OCc3ccc(NC(=O)[C@H](CCCNC(N)=O)NC(=O)C(NC(=O)CCCCCN5C(=O)C=CC5=O)C(C)C)cc3)CC4)cc2N=C(N)C1. The average molecular weight is 1080 g/mol. The first-order chi connectivity index (χ1) is 37.3. The predicted molar refractivity (Wildman–Crippen MR) is 289 cm³/mol. The summed E-state index contributed by atoms with van der Waals surface area (Å²) in [6.45, 7) is 9.30. The van der Waals surface area contributed by atoms with Gasteiger partial charge in [0.05, 0.1) is 29.7 Å². The number of amides is 10. The highest BCUT2D eigenvalue weighted by Crippen LogP contribution is 2.31. The number of hydrogen-bond donors (Lipinski definition) is 7. The number of aromatic nitrogens is 1. The summed E-state index contributed by atoms with van der Waals surface area (Å²) in [6, 6.07) is 7.84. The minimum atomic E-state index is -1.08. The number of nitrogens with one attached hydrogen (secondary N) is 5. The Morgan fingerprint density at radius 3 is 2.27 bits per heavy atom. The van der Waals surface area contributed by atoms with Gasteiger partial charge in [-0.3, -0.25) is 43.4 Å². The van der Waals surface area contributed by atoms with Crippen LogP contribution in [0.25, 0.3) is 6.08 Å². The fourth-order valence-corrected chi connectivity index (χ4v) is 9.00. The zero-order valence-corrected chi connectivity index (χ0v) is 44.5. The quantitative estimate of drug-likeness (QED) is 0.0431. The summed E-state index contributed by atoms with van der Waals surface area (Å²) in [5.74, 6) is -4.25. The predicted octanol–water partition coefficient (Wildman–Crippen LogP) is 5.09. The Morgan fingerprint density at radius 2 is 1.59 bits per heavy atom. The van der Waals surface area contributed by atoms with Crippen molar-refractivity contribution in [2.45, 2.75) is 117 Å². The molecular formula is C55H69FN12O10. The maximum atomic E-state index is 15.6. The average Bonchev–Trinajstić information content (AvgIpc) is 3.62. The lowest BCUT2D eigenvalue weighted by Crippen LogP contribution is -2.54. The molecule has 1 unspecified atom stereocenters. The number of rotatable bonds is 25. The molecule has 4 heterocycles. The summed E-state index contributed by atoms with van der Waals surface area (Å²) in [5, 5.41) is 13.5. The molecule has 6 rings (SSSR count). The molecule has 10 amide bonds. The molecule has 9 N–H and O–H groups in total. The van der Waals surface area contributed by atoms with Crippen LogP contribution in [0.15, 0.2) is 71.4 Å². The number of anilines is 2. The van der Waals surface area contributed by atoms with Crippen LogP contribution in [0.3, 0.4) is 0 Å². The highest BCUT2D eigenvalue weighted by molar-refractivity contribution is 6.13. The molecule has 22 nitrogen and oxygen atoms in total. The molecule has 0 spiro atoms. The molecule has 3 aromatic rings. The monoisotopic (exact) mass is 1080 g/mol. The van der Waals surface area contributed by atoms with Crippen molar-refractivity contribution in [2.75, 3.05) is 43.4 Å². The molecule has 0 saturated carbocycles. The van der Waals surface area contributed by atoms with Crippen LogP contribution >= 0.6 is 0 Å². The van der Waals surface area contributed by atoms with E-state index in [0.717, 1.165) is 23.8 Å². The molecule has 416 valence electrons. The van der Waals surface area contributed by atoms with Crippen LogP contribution in [0, 0.1) is 11.7 Å². The lowest BCUT2D eigenvalue weighted by Gasteiger charge is -2.28. The van der Waals surface area contributed by atoms with Crippen molar-refractivity contribution in [2.24, 2.45) is 22.4 Å². The fourth-order valence-electron chi connectivity index (χ4n) is 9.00. The number of carbonyl (C=O) groups excluding carboxylic acids is 9. The second-order valence-electron chi connectivity index (χ2n) is 19.6. The van der Waals surface area contributed by atoms with Crippen LogP contribution in [-0.2, 0) is 53.1 Å². The van der Waals surface area contributed by atoms with E-state index < -0.39 is 47.7 Å². The number of primary amides is 1. The van der Waals surface area contributed by atoms with Crippen LogP contribution < -0.4 is 38.1 Å². The number of fused-ring (bicyclic) bond motifs is 2. The van der Waals surface area contributed by atoms with Crippen LogP contribution in [0.2, 0.25) is 0 Å². The van der Waals surface area contributed by atoms with E-state index in [1.807, 2.05) is 13.8 Å². The van der Waals surface area contributed by atoms with Crippen molar-refractivity contribution in [3.63, 3.8) is 0 Å². The molecule has 23 heteroatoms. The van der Waals surface area contributed by atoms with E-state index in [2.05, 4.69) is 36.6 Å². The number of carbonyl (C=O) groups is 9. The first-order valence-electron chi connectivity index (χ1n) is 26.3. The number of halogens is 1. The number of urea groups is 1. The van der Waals surface area contributed by atoms with Crippen LogP contribution in [-0.4, -0.2) is 124 Å². The van der Waals surface area contributed by atoms with Gasteiger partial charge in [0.1, 0.15) is 30.3 Å². The van der Waals surface area contributed by atoms with Gasteiger partial charge in [-0.1, -0.05) is 46.2 Å². The Morgan fingerprint density at radius 1 is 0.872 bits per heavy atom. The smallest absolute Gasteiger partial charge is 0.410 e. The van der Waals surface area contributed by atoms with Gasteiger partial charge in [-0.15, -0.1) is 0 Å². The number of benzene rings is 2. The molecule has 0 radical (unpaired) electrons. The lowest BCUT2D eigenvalue weighted by molar-refractivity contribution is -0.137. The van der Waals surface area contributed by atoms with Gasteiger partial charge in [0.25, 0.3) is 17.7 Å². The fraction of sp³-hybridized carbons (Fsp3) is 0.436. The Balaban J connectivity index is 1.00. The minimum Gasteiger partial charge on any atom is -0.445 e. The largest absolute Gasteiger partial charge is 0.445 e. The topological polar surface area (TPSA) is 310 Å². The van der Waals surface area contributed by atoms with E-state index >= 15 is 4.39 Å². The third-order valence-electron chi connectivity index (χ3n) is 13.1. The van der Waals surface area contributed by atoms with Gasteiger partial charge in [-0.05, 0) is 92.0 Å². The van der Waals surface area contributed by atoms with E-state index in [4.69, 9.17) is 16.2 Å². The summed E-state index contributed by atoms with van der Waals surface area (Å²) >= 11 is 0. The van der Waals surface area contributed by atoms with E-state index in [0.29, 0.717) is 79.0 Å². The van der Waals surface area contributed by atoms with E-state index in [9.17, 15) is 43.2 Å². The second-order valence-corrected chi connectivity index (χ2v) is 19.6. The summed E-state index contributed by atoms with van der Waals surface area (Å²) in [7, 11) is 0. The van der Waals surface area contributed by atoms with Crippen molar-refractivity contribution in [1.29, 1.82) is 0 Å². The normalized spacial score (nSPS) is 14.5. The zero-order valence-electron chi connectivity index (χ0n) is 44.5. The highest BCUT2D eigenvalue weighted by atomic mass is 19.1.